The van der Waals surface area contributed by atoms with Crippen LogP contribution in [0, 0.1) is 0 Å². The third kappa shape index (κ3) is 3.72. The van der Waals surface area contributed by atoms with Crippen molar-refractivity contribution in [1.29, 1.82) is 0 Å². The molecule has 2 aliphatic heterocycles. The molecule has 110 valence electrons. The van der Waals surface area contributed by atoms with Gasteiger partial charge in [0.25, 0.3) is 0 Å². The molecule has 20 heavy (non-hydrogen) atoms. The Bertz CT molecular complexity index is 416. The van der Waals surface area contributed by atoms with Gasteiger partial charge >= 0.3 is 6.09 Å². The van der Waals surface area contributed by atoms with E-state index in [2.05, 4.69) is 17.2 Å². The molecule has 2 aliphatic rings. The van der Waals surface area contributed by atoms with Gasteiger partial charge in [0.2, 0.25) is 11.8 Å². The summed E-state index contributed by atoms with van der Waals surface area (Å²) in [6.45, 7) is 5.01. The molecule has 0 aromatic rings. The second kappa shape index (κ2) is 6.40. The summed E-state index contributed by atoms with van der Waals surface area (Å²) in [5.74, 6) is -0.196. The molecule has 0 saturated carbocycles. The van der Waals surface area contributed by atoms with Crippen LogP contribution in [-0.4, -0.2) is 54.6 Å². The van der Waals surface area contributed by atoms with E-state index in [1.165, 1.54) is 6.08 Å². The van der Waals surface area contributed by atoms with E-state index in [0.717, 1.165) is 12.8 Å². The van der Waals surface area contributed by atoms with Crippen molar-refractivity contribution in [3.05, 3.63) is 12.7 Å². The van der Waals surface area contributed by atoms with Crippen molar-refractivity contribution in [3.63, 3.8) is 0 Å². The first kappa shape index (κ1) is 14.4. The van der Waals surface area contributed by atoms with E-state index in [9.17, 15) is 14.4 Å². The second-order valence-corrected chi connectivity index (χ2v) is 4.98. The fourth-order valence-electron chi connectivity index (χ4n) is 2.40. The number of amides is 3. The summed E-state index contributed by atoms with van der Waals surface area (Å²) in [6, 6.07) is 0.0931. The van der Waals surface area contributed by atoms with Crippen LogP contribution in [0.1, 0.15) is 19.3 Å². The molecule has 2 N–H and O–H groups in total. The summed E-state index contributed by atoms with van der Waals surface area (Å²) >= 11 is 0. The van der Waals surface area contributed by atoms with Crippen LogP contribution in [0.2, 0.25) is 0 Å². The van der Waals surface area contributed by atoms with Crippen molar-refractivity contribution in [2.24, 2.45) is 0 Å². The quantitative estimate of drug-likeness (QED) is 0.697. The summed E-state index contributed by atoms with van der Waals surface area (Å²) in [6.07, 6.45) is 2.09. The molecule has 0 aliphatic carbocycles. The lowest BCUT2D eigenvalue weighted by atomic mass is 10.0. The van der Waals surface area contributed by atoms with E-state index in [1.54, 1.807) is 4.90 Å². The Balaban J connectivity index is 1.73. The number of likely N-dealkylation sites (tertiary alicyclic amines) is 1. The van der Waals surface area contributed by atoms with Crippen LogP contribution in [0.3, 0.4) is 0 Å². The highest BCUT2D eigenvalue weighted by Gasteiger charge is 2.29. The maximum Gasteiger partial charge on any atom is 0.407 e. The van der Waals surface area contributed by atoms with Crippen LogP contribution in [-0.2, 0) is 14.3 Å². The second-order valence-electron chi connectivity index (χ2n) is 4.98. The van der Waals surface area contributed by atoms with Gasteiger partial charge in [0, 0.05) is 19.1 Å². The van der Waals surface area contributed by atoms with Gasteiger partial charge in [-0.15, -0.1) is 0 Å². The Labute approximate surface area is 117 Å². The van der Waals surface area contributed by atoms with E-state index in [1.807, 2.05) is 0 Å². The topological polar surface area (TPSA) is 87.7 Å². The summed E-state index contributed by atoms with van der Waals surface area (Å²) in [4.78, 5) is 35.9. The van der Waals surface area contributed by atoms with Crippen molar-refractivity contribution >= 4 is 17.9 Å². The zero-order chi connectivity index (χ0) is 14.5. The highest BCUT2D eigenvalue weighted by atomic mass is 16.6. The van der Waals surface area contributed by atoms with E-state index in [0.29, 0.717) is 19.6 Å². The van der Waals surface area contributed by atoms with E-state index >= 15 is 0 Å². The SMILES string of the molecule is C=CC(=O)NC1CCN(C(=O)C[C@H]2CNC(=O)O2)CC1. The maximum absolute atomic E-state index is 12.0. The van der Waals surface area contributed by atoms with Gasteiger partial charge in [0.05, 0.1) is 13.0 Å². The molecule has 2 heterocycles. The fraction of sp³-hybridized carbons (Fsp3) is 0.615. The van der Waals surface area contributed by atoms with Crippen LogP contribution < -0.4 is 10.6 Å². The van der Waals surface area contributed by atoms with Gasteiger partial charge in [-0.25, -0.2) is 4.79 Å². The van der Waals surface area contributed by atoms with Gasteiger partial charge in [-0.05, 0) is 18.9 Å². The van der Waals surface area contributed by atoms with Crippen molar-refractivity contribution in [1.82, 2.24) is 15.5 Å². The predicted octanol–water partition coefficient (Wildman–Crippen LogP) is -0.222. The third-order valence-electron chi connectivity index (χ3n) is 3.53. The van der Waals surface area contributed by atoms with Crippen LogP contribution in [0.4, 0.5) is 4.79 Å². The van der Waals surface area contributed by atoms with Crippen LogP contribution in [0.5, 0.6) is 0 Å². The van der Waals surface area contributed by atoms with E-state index in [4.69, 9.17) is 4.74 Å². The molecule has 1 atom stereocenters. The van der Waals surface area contributed by atoms with Crippen LogP contribution >= 0.6 is 0 Å². The predicted molar refractivity (Wildman–Crippen MR) is 70.8 cm³/mol. The number of alkyl carbamates (subject to hydrolysis) is 1. The largest absolute Gasteiger partial charge is 0.444 e. The molecule has 2 fully saturated rings. The molecule has 2 rings (SSSR count). The highest BCUT2D eigenvalue weighted by Crippen LogP contribution is 2.14. The average Bonchev–Trinajstić information content (AvgIpc) is 2.84. The fourth-order valence-corrected chi connectivity index (χ4v) is 2.40. The van der Waals surface area contributed by atoms with Crippen molar-refractivity contribution in [2.45, 2.75) is 31.4 Å². The zero-order valence-electron chi connectivity index (χ0n) is 11.3. The molecule has 7 heteroatoms. The monoisotopic (exact) mass is 281 g/mol. The van der Waals surface area contributed by atoms with Crippen molar-refractivity contribution < 1.29 is 19.1 Å². The number of rotatable bonds is 4. The Morgan fingerprint density at radius 1 is 1.45 bits per heavy atom. The molecule has 0 radical (unpaired) electrons. The number of nitrogens with one attached hydrogen (secondary N) is 2. The Hall–Kier alpha value is -2.05. The number of carbonyl (C=O) groups is 3. The minimum atomic E-state index is -0.464. The van der Waals surface area contributed by atoms with Gasteiger partial charge in [-0.1, -0.05) is 6.58 Å². The van der Waals surface area contributed by atoms with Gasteiger partial charge in [0.15, 0.2) is 0 Å². The summed E-state index contributed by atoms with van der Waals surface area (Å²) in [7, 11) is 0. The molecular formula is C13H19N3O4. The first-order valence-corrected chi connectivity index (χ1v) is 6.73. The summed E-state index contributed by atoms with van der Waals surface area (Å²) < 4.78 is 4.95. The molecular weight excluding hydrogens is 262 g/mol. The summed E-state index contributed by atoms with van der Waals surface area (Å²) in [5, 5.41) is 5.36. The Kier molecular flexibility index (Phi) is 4.60. The first-order chi connectivity index (χ1) is 9.58. The van der Waals surface area contributed by atoms with Gasteiger partial charge < -0.3 is 20.3 Å². The van der Waals surface area contributed by atoms with Crippen LogP contribution in [0.15, 0.2) is 12.7 Å². The number of piperidine rings is 1. The Morgan fingerprint density at radius 2 is 2.15 bits per heavy atom. The number of ether oxygens (including phenoxy) is 1. The molecule has 0 unspecified atom stereocenters. The number of hydrogen-bond donors (Lipinski definition) is 2. The maximum atomic E-state index is 12.0. The van der Waals surface area contributed by atoms with Gasteiger partial charge in [0.1, 0.15) is 6.10 Å². The third-order valence-corrected chi connectivity index (χ3v) is 3.53. The number of nitrogens with zero attached hydrogens (tertiary/aromatic N) is 1. The van der Waals surface area contributed by atoms with Crippen molar-refractivity contribution in [2.75, 3.05) is 19.6 Å². The molecule has 0 spiro atoms. The molecule has 0 bridgehead atoms. The molecule has 2 saturated heterocycles. The molecule has 3 amide bonds. The number of cyclic esters (lactones) is 1. The molecule has 0 aromatic carbocycles. The average molecular weight is 281 g/mol. The standard InChI is InChI=1S/C13H19N3O4/c1-2-11(17)15-9-3-5-16(6-4-9)12(18)7-10-8-14-13(19)20-10/h2,9-10H,1,3-8H2,(H,14,19)(H,15,17)/t10-/m0/s1. The first-order valence-electron chi connectivity index (χ1n) is 6.73. The number of carbonyl (C=O) groups excluding carboxylic acids is 3. The number of hydrogen-bond acceptors (Lipinski definition) is 4. The Morgan fingerprint density at radius 3 is 2.70 bits per heavy atom. The molecule has 7 nitrogen and oxygen atoms in total. The smallest absolute Gasteiger partial charge is 0.407 e. The van der Waals surface area contributed by atoms with E-state index < -0.39 is 6.09 Å². The lowest BCUT2D eigenvalue weighted by Gasteiger charge is -2.32. The normalized spacial score (nSPS) is 22.9. The molecule has 0 aromatic heterocycles. The van der Waals surface area contributed by atoms with Crippen LogP contribution in [0.25, 0.3) is 0 Å². The lowest BCUT2D eigenvalue weighted by molar-refractivity contribution is -0.133. The van der Waals surface area contributed by atoms with Gasteiger partial charge in [-0.3, -0.25) is 9.59 Å². The summed E-state index contributed by atoms with van der Waals surface area (Å²) in [5.41, 5.74) is 0. The van der Waals surface area contributed by atoms with Crippen molar-refractivity contribution in [3.8, 4) is 0 Å². The minimum absolute atomic E-state index is 0.0139. The lowest BCUT2D eigenvalue weighted by Crippen LogP contribution is -2.46. The van der Waals surface area contributed by atoms with E-state index in [-0.39, 0.29) is 30.4 Å². The van der Waals surface area contributed by atoms with Gasteiger partial charge in [-0.2, -0.15) is 0 Å². The minimum Gasteiger partial charge on any atom is -0.444 e. The zero-order valence-corrected chi connectivity index (χ0v) is 11.3. The highest BCUT2D eigenvalue weighted by molar-refractivity contribution is 5.87.